The van der Waals surface area contributed by atoms with Gasteiger partial charge in [-0.1, -0.05) is 17.7 Å². The first kappa shape index (κ1) is 19.7. The van der Waals surface area contributed by atoms with Crippen LogP contribution in [0.2, 0.25) is 5.02 Å². The Kier molecular flexibility index (Phi) is 5.20. The average molecular weight is 404 g/mol. The normalized spacial score (nSPS) is 17.8. The monoisotopic (exact) mass is 403 g/mol. The predicted molar refractivity (Wildman–Crippen MR) is 92.5 cm³/mol. The lowest BCUT2D eigenvalue weighted by Crippen LogP contribution is -2.42. The van der Waals surface area contributed by atoms with Gasteiger partial charge >= 0.3 is 11.9 Å². The van der Waals surface area contributed by atoms with E-state index in [0.717, 1.165) is 12.1 Å². The summed E-state index contributed by atoms with van der Waals surface area (Å²) in [7, 11) is 0. The number of nitrogens with one attached hydrogen (secondary N) is 2. The number of likely N-dealkylation sites (tertiary alicyclic amines) is 1. The minimum atomic E-state index is -4.60. The highest BCUT2D eigenvalue weighted by Gasteiger charge is 2.38. The number of hydrogen-bond donors (Lipinski definition) is 3. The standard InChI is InChI=1S/C17H17ClF3N3O3/c18-13-2-1-10(7-12(13)17(19,20)21)16(27)3-5-24(6-4-16)9-11-8-14(25)23-15(26)22-11/h1-2,7-8,27H,3-6,9H2,(H2,22,23,25,26). The maximum Gasteiger partial charge on any atom is 0.417 e. The van der Waals surface area contributed by atoms with E-state index >= 15 is 0 Å². The number of halogens is 4. The maximum absolute atomic E-state index is 13.1. The van der Waals surface area contributed by atoms with Gasteiger partial charge in [0.15, 0.2) is 0 Å². The molecule has 10 heteroatoms. The van der Waals surface area contributed by atoms with Crippen LogP contribution in [0.15, 0.2) is 33.9 Å². The Morgan fingerprint density at radius 1 is 1.15 bits per heavy atom. The van der Waals surface area contributed by atoms with Crippen LogP contribution in [0.4, 0.5) is 13.2 Å². The summed E-state index contributed by atoms with van der Waals surface area (Å²) in [6.45, 7) is 1.06. The second-order valence-corrected chi connectivity index (χ2v) is 7.02. The third kappa shape index (κ3) is 4.42. The Morgan fingerprint density at radius 2 is 1.81 bits per heavy atom. The van der Waals surface area contributed by atoms with Gasteiger partial charge in [-0.3, -0.25) is 14.7 Å². The lowest BCUT2D eigenvalue weighted by Gasteiger charge is -2.38. The second-order valence-electron chi connectivity index (χ2n) is 6.61. The molecular weight excluding hydrogens is 387 g/mol. The molecule has 1 aromatic carbocycles. The lowest BCUT2D eigenvalue weighted by molar-refractivity contribution is -0.137. The fraction of sp³-hybridized carbons (Fsp3) is 0.412. The second kappa shape index (κ2) is 7.14. The van der Waals surface area contributed by atoms with E-state index in [1.54, 1.807) is 0 Å². The first-order valence-corrected chi connectivity index (χ1v) is 8.59. The zero-order valence-corrected chi connectivity index (χ0v) is 14.8. The van der Waals surface area contributed by atoms with E-state index in [0.29, 0.717) is 25.3 Å². The topological polar surface area (TPSA) is 89.2 Å². The number of nitrogens with zero attached hydrogens (tertiary/aromatic N) is 1. The number of aliphatic hydroxyl groups is 1. The Hall–Kier alpha value is -2.10. The van der Waals surface area contributed by atoms with E-state index in [1.165, 1.54) is 12.1 Å². The number of rotatable bonds is 3. The molecule has 146 valence electrons. The van der Waals surface area contributed by atoms with Gasteiger partial charge in [-0.15, -0.1) is 0 Å². The van der Waals surface area contributed by atoms with Crippen LogP contribution in [0.1, 0.15) is 29.7 Å². The molecule has 2 heterocycles. The number of hydrogen-bond acceptors (Lipinski definition) is 4. The Bertz CT molecular complexity index is 918. The number of piperidine rings is 1. The molecule has 3 rings (SSSR count). The van der Waals surface area contributed by atoms with Crippen LogP contribution in [-0.4, -0.2) is 33.1 Å². The molecule has 0 spiro atoms. The molecule has 0 atom stereocenters. The van der Waals surface area contributed by atoms with Gasteiger partial charge in [0.2, 0.25) is 0 Å². The molecule has 0 saturated carbocycles. The van der Waals surface area contributed by atoms with Crippen molar-refractivity contribution in [1.82, 2.24) is 14.9 Å². The number of H-pyrrole nitrogens is 2. The van der Waals surface area contributed by atoms with Crippen molar-refractivity contribution in [3.63, 3.8) is 0 Å². The predicted octanol–water partition coefficient (Wildman–Crippen LogP) is 2.22. The highest BCUT2D eigenvalue weighted by atomic mass is 35.5. The largest absolute Gasteiger partial charge is 0.417 e. The molecule has 27 heavy (non-hydrogen) atoms. The summed E-state index contributed by atoms with van der Waals surface area (Å²) >= 11 is 5.64. The van der Waals surface area contributed by atoms with Gasteiger partial charge in [0.05, 0.1) is 16.2 Å². The van der Waals surface area contributed by atoms with E-state index < -0.39 is 33.6 Å². The molecular formula is C17H17ClF3N3O3. The molecule has 0 aliphatic carbocycles. The van der Waals surface area contributed by atoms with Crippen LogP contribution in [-0.2, 0) is 18.3 Å². The van der Waals surface area contributed by atoms with Crippen LogP contribution < -0.4 is 11.2 Å². The lowest BCUT2D eigenvalue weighted by atomic mass is 9.83. The van der Waals surface area contributed by atoms with Gasteiger partial charge < -0.3 is 10.1 Å². The quantitative estimate of drug-likeness (QED) is 0.733. The van der Waals surface area contributed by atoms with Crippen LogP contribution in [0.5, 0.6) is 0 Å². The molecule has 1 saturated heterocycles. The molecule has 1 aromatic heterocycles. The molecule has 1 fully saturated rings. The van der Waals surface area contributed by atoms with Gasteiger partial charge in [-0.2, -0.15) is 13.2 Å². The number of aromatic nitrogens is 2. The SMILES string of the molecule is O=c1cc(CN2CCC(O)(c3ccc(Cl)c(C(F)(F)F)c3)CC2)[nH]c(=O)[nH]1. The Labute approximate surface area is 156 Å². The van der Waals surface area contributed by atoms with E-state index in [1.807, 2.05) is 4.90 Å². The van der Waals surface area contributed by atoms with Crippen LogP contribution in [0.25, 0.3) is 0 Å². The highest BCUT2D eigenvalue weighted by Crippen LogP contribution is 2.40. The Morgan fingerprint density at radius 3 is 2.41 bits per heavy atom. The van der Waals surface area contributed by atoms with Crippen molar-refractivity contribution in [2.45, 2.75) is 31.2 Å². The molecule has 0 radical (unpaired) electrons. The van der Waals surface area contributed by atoms with Crippen LogP contribution >= 0.6 is 11.6 Å². The smallest absolute Gasteiger partial charge is 0.385 e. The van der Waals surface area contributed by atoms with Gasteiger partial charge in [-0.25, -0.2) is 4.79 Å². The summed E-state index contributed by atoms with van der Waals surface area (Å²) in [4.78, 5) is 29.2. The zero-order valence-electron chi connectivity index (χ0n) is 14.1. The minimum absolute atomic E-state index is 0.170. The summed E-state index contributed by atoms with van der Waals surface area (Å²) in [5.41, 5.74) is -2.89. The van der Waals surface area contributed by atoms with Crippen molar-refractivity contribution in [1.29, 1.82) is 0 Å². The summed E-state index contributed by atoms with van der Waals surface area (Å²) in [6.07, 6.45) is -4.19. The molecule has 0 unspecified atom stereocenters. The molecule has 0 bridgehead atoms. The molecule has 0 amide bonds. The van der Waals surface area contributed by atoms with Crippen molar-refractivity contribution in [3.8, 4) is 0 Å². The summed E-state index contributed by atoms with van der Waals surface area (Å²) in [5.74, 6) is 0. The van der Waals surface area contributed by atoms with Crippen molar-refractivity contribution in [2.75, 3.05) is 13.1 Å². The number of aromatic amines is 2. The molecule has 6 nitrogen and oxygen atoms in total. The summed E-state index contributed by atoms with van der Waals surface area (Å²) in [6, 6.07) is 4.72. The third-order valence-electron chi connectivity index (χ3n) is 4.70. The van der Waals surface area contributed by atoms with Crippen molar-refractivity contribution >= 4 is 11.6 Å². The number of benzene rings is 1. The first-order chi connectivity index (χ1) is 12.6. The van der Waals surface area contributed by atoms with E-state index in [-0.39, 0.29) is 18.4 Å². The number of alkyl halides is 3. The fourth-order valence-electron chi connectivity index (χ4n) is 3.25. The van der Waals surface area contributed by atoms with E-state index in [4.69, 9.17) is 11.6 Å². The average Bonchev–Trinajstić information content (AvgIpc) is 2.55. The Balaban J connectivity index is 1.74. The molecule has 3 N–H and O–H groups in total. The van der Waals surface area contributed by atoms with Gasteiger partial charge in [-0.05, 0) is 30.5 Å². The zero-order chi connectivity index (χ0) is 19.8. The molecule has 1 aliphatic rings. The minimum Gasteiger partial charge on any atom is -0.385 e. The van der Waals surface area contributed by atoms with E-state index in [9.17, 15) is 27.9 Å². The highest BCUT2D eigenvalue weighted by molar-refractivity contribution is 6.31. The van der Waals surface area contributed by atoms with Crippen LogP contribution in [0.3, 0.4) is 0 Å². The van der Waals surface area contributed by atoms with Crippen molar-refractivity contribution in [3.05, 3.63) is 66.9 Å². The van der Waals surface area contributed by atoms with Crippen LogP contribution in [0, 0.1) is 0 Å². The van der Waals surface area contributed by atoms with Gasteiger partial charge in [0.25, 0.3) is 5.56 Å². The molecule has 1 aliphatic heterocycles. The summed E-state index contributed by atoms with van der Waals surface area (Å²) in [5, 5.41) is 10.4. The van der Waals surface area contributed by atoms with Gasteiger partial charge in [0, 0.05) is 31.4 Å². The fourth-order valence-corrected chi connectivity index (χ4v) is 3.47. The van der Waals surface area contributed by atoms with E-state index in [2.05, 4.69) is 9.97 Å². The molecule has 2 aromatic rings. The maximum atomic E-state index is 13.1. The third-order valence-corrected chi connectivity index (χ3v) is 5.03. The van der Waals surface area contributed by atoms with Crippen molar-refractivity contribution in [2.24, 2.45) is 0 Å². The first-order valence-electron chi connectivity index (χ1n) is 8.21. The summed E-state index contributed by atoms with van der Waals surface area (Å²) < 4.78 is 39.2. The van der Waals surface area contributed by atoms with Crippen molar-refractivity contribution < 1.29 is 18.3 Å². The van der Waals surface area contributed by atoms with Gasteiger partial charge in [0.1, 0.15) is 0 Å².